The monoisotopic (exact) mass is 1590 g/mol. The Labute approximate surface area is 664 Å². The van der Waals surface area contributed by atoms with Crippen LogP contribution in [0.25, 0.3) is 55.0 Å². The Kier molecular flexibility index (Phi) is 29.3. The fraction of sp³-hybridized carbons (Fsp3) is 0.233. The number of aromatic nitrogens is 5. The number of anilines is 3. The van der Waals surface area contributed by atoms with Crippen molar-refractivity contribution in [2.45, 2.75) is 123 Å². The number of hydrogen-bond acceptors (Lipinski definition) is 15. The second kappa shape index (κ2) is 38.7. The molecule has 0 aliphatic rings. The van der Waals surface area contributed by atoms with E-state index in [-0.39, 0.29) is 49.5 Å². The number of methoxy groups -OCH3 is 1. The molecule has 26 nitrogen and oxygen atoms in total. The number of halogens is 4. The molecule has 0 unspecified atom stereocenters. The summed E-state index contributed by atoms with van der Waals surface area (Å²) in [4.78, 5) is 113. The Morgan fingerprint density at radius 2 is 0.836 bits per heavy atom. The fourth-order valence-corrected chi connectivity index (χ4v) is 12.1. The normalized spacial score (nSPS) is 11.6. The van der Waals surface area contributed by atoms with Crippen LogP contribution in [0.1, 0.15) is 134 Å². The number of rotatable bonds is 20. The molecule has 0 bridgehead atoms. The largest absolute Gasteiger partial charge is 0.481 e. The first kappa shape index (κ1) is 87.8. The summed E-state index contributed by atoms with van der Waals surface area (Å²) in [5.41, 5.74) is 26.7. The van der Waals surface area contributed by atoms with E-state index in [1.54, 1.807) is 202 Å². The number of ether oxygens (including phenoxy) is 4. The van der Waals surface area contributed by atoms with Gasteiger partial charge in [-0.3, -0.25) is 49.9 Å². The van der Waals surface area contributed by atoms with E-state index in [2.05, 4.69) is 50.9 Å². The summed E-state index contributed by atoms with van der Waals surface area (Å²) < 4.78 is 75.6. The van der Waals surface area contributed by atoms with E-state index in [9.17, 15) is 55.9 Å². The van der Waals surface area contributed by atoms with Crippen LogP contribution in [0.3, 0.4) is 0 Å². The van der Waals surface area contributed by atoms with E-state index in [4.69, 9.17) is 36.5 Å². The molecule has 0 saturated carbocycles. The molecule has 6 amide bonds. The van der Waals surface area contributed by atoms with E-state index < -0.39 is 88.2 Å². The van der Waals surface area contributed by atoms with Gasteiger partial charge < -0.3 is 67.0 Å². The number of carbonyl (C=O) groups is 8. The predicted molar refractivity (Wildman–Crippen MR) is 433 cm³/mol. The maximum atomic E-state index is 14.2. The van der Waals surface area contributed by atoms with Gasteiger partial charge in [0.2, 0.25) is 17.7 Å². The Hall–Kier alpha value is -13.7. The molecule has 2 atom stereocenters. The van der Waals surface area contributed by atoms with Crippen molar-refractivity contribution in [3.8, 4) is 22.3 Å². The molecule has 0 aliphatic carbocycles. The van der Waals surface area contributed by atoms with E-state index in [1.807, 2.05) is 18.2 Å². The fourth-order valence-electron chi connectivity index (χ4n) is 12.1. The van der Waals surface area contributed by atoms with Gasteiger partial charge in [-0.2, -0.15) is 0 Å². The summed E-state index contributed by atoms with van der Waals surface area (Å²) in [5, 5.41) is 22.3. The van der Waals surface area contributed by atoms with Crippen molar-refractivity contribution in [2.75, 3.05) is 23.1 Å². The minimum atomic E-state index is -0.901. The Balaban J connectivity index is 0.000000205. The van der Waals surface area contributed by atoms with Crippen LogP contribution in [0.15, 0.2) is 195 Å². The lowest BCUT2D eigenvalue weighted by Crippen LogP contribution is -2.32. The number of aliphatic carboxylic acids is 1. The molecule has 0 aliphatic heterocycles. The van der Waals surface area contributed by atoms with Crippen molar-refractivity contribution in [1.82, 2.24) is 30.2 Å². The van der Waals surface area contributed by atoms with Crippen molar-refractivity contribution >= 4 is 97.7 Å². The van der Waals surface area contributed by atoms with Gasteiger partial charge in [-0.25, -0.2) is 31.9 Å². The molecule has 30 heteroatoms. The molecule has 116 heavy (non-hydrogen) atoms. The van der Waals surface area contributed by atoms with Gasteiger partial charge in [-0.05, 0) is 229 Å². The van der Waals surface area contributed by atoms with Crippen molar-refractivity contribution in [1.29, 1.82) is 0 Å². The molecule has 12 aromatic rings. The summed E-state index contributed by atoms with van der Waals surface area (Å²) in [5.74, 6) is -5.52. The molecule has 0 fully saturated rings. The summed E-state index contributed by atoms with van der Waals surface area (Å²) in [6.45, 7) is 16.1. The Morgan fingerprint density at radius 3 is 1.22 bits per heavy atom. The average Bonchev–Trinajstić information content (AvgIpc) is 1.18. The van der Waals surface area contributed by atoms with Crippen LogP contribution in [-0.2, 0) is 65.4 Å². The van der Waals surface area contributed by atoms with Gasteiger partial charge in [0.05, 0.1) is 49.8 Å². The first-order valence-electron chi connectivity index (χ1n) is 36.0. The standard InChI is InChI=1S/C35H33F2N5O4.C20H17F2N3O.C16H20N2O4.C15H18N2O4.H2O/c1-35(2,3)46-34(45)41-26-9-10-29-28(18-26)23(19-40-29)16-31(43)42-30(14-20-12-24(36)17-25(37)13-20)32-27(8-5-11-39-32)21-6-4-7-22(15-21)33(38)44;21-15-7-12(8-16(22)11-15)9-18(23)19-17(5-2-6-25-19)13-3-1-4-14(10-13)20(24)26;1-16(2,3)22-15(20)18-11-5-6-13-12(8-11)10(9-17-13)7-14(19)21-4;1-15(2,3)21-14(20)17-10-4-5-12-11(7-10)9(8-16-12)6-13(18)19;/h4-13,15,17-19,30,40H,14,16H2,1-3H3,(H2,38,44)(H,41,45)(H,42,43);1-8,10-11,18H,9,23H2,(H2,24,26);5-6,8-9,17H,7H2,1-4H3,(H,18,20);4-5,7-8,16H,6H2,1-3H3,(H,17,20)(H,18,19);1H2/t30-;18-;;;/m00.../s1. The predicted octanol–water partition coefficient (Wildman–Crippen LogP) is 15.5. The number of carbonyl (C=O) groups excluding carboxylic acids is 7. The van der Waals surface area contributed by atoms with E-state index in [1.165, 1.54) is 31.4 Å². The van der Waals surface area contributed by atoms with Crippen molar-refractivity contribution < 1.29 is 85.4 Å². The smallest absolute Gasteiger partial charge is 0.412 e. The highest BCUT2D eigenvalue weighted by Crippen LogP contribution is 2.34. The average molecular weight is 1590 g/mol. The van der Waals surface area contributed by atoms with E-state index in [0.717, 1.165) is 56.1 Å². The number of aromatic amines is 3. The SMILES string of the molecule is CC(C)(C)OC(=O)Nc1ccc2[nH]cc(CC(=O)N[C@@H](Cc3cc(F)cc(F)c3)c3ncccc3-c3cccc(C(N)=O)c3)c2c1.CC(C)(C)OC(=O)Nc1ccc2[nH]cc(CC(=O)O)c2c1.COC(=O)Cc1c[nH]c2ccc(NC(=O)OC(C)(C)C)cc12.NC(=O)c1cccc(-c2cccnc2[C@@H](N)Cc2cc(F)cc(F)c2)c1.O. The summed E-state index contributed by atoms with van der Waals surface area (Å²) in [6, 6.07) is 41.6. The number of carboxylic acids is 1. The number of nitrogens with zero attached hydrogens (tertiary/aromatic N) is 2. The molecule has 5 aromatic heterocycles. The van der Waals surface area contributed by atoms with Gasteiger partial charge in [0.1, 0.15) is 40.1 Å². The molecule has 0 radical (unpaired) electrons. The summed E-state index contributed by atoms with van der Waals surface area (Å²) in [7, 11) is 1.35. The number of esters is 1. The summed E-state index contributed by atoms with van der Waals surface area (Å²) >= 11 is 0. The number of nitrogens with two attached hydrogens (primary N) is 3. The molecule has 12 rings (SSSR count). The molecule has 606 valence electrons. The van der Waals surface area contributed by atoms with Gasteiger partial charge in [-0.15, -0.1) is 0 Å². The zero-order valence-electron chi connectivity index (χ0n) is 65.1. The number of amides is 6. The number of fused-ring (bicyclic) bond motifs is 3. The Bertz CT molecular complexity index is 5530. The number of benzene rings is 7. The van der Waals surface area contributed by atoms with Crippen LogP contribution in [0.2, 0.25) is 0 Å². The molecule has 16 N–H and O–H groups in total. The molecule has 5 heterocycles. The zero-order valence-corrected chi connectivity index (χ0v) is 65.1. The molecule has 0 spiro atoms. The summed E-state index contributed by atoms with van der Waals surface area (Å²) in [6.07, 6.45) is 6.91. The number of nitrogens with one attached hydrogen (secondary N) is 7. The van der Waals surface area contributed by atoms with Gasteiger partial charge in [0.25, 0.3) is 0 Å². The van der Waals surface area contributed by atoms with E-state index >= 15 is 0 Å². The third-order valence-electron chi connectivity index (χ3n) is 16.8. The van der Waals surface area contributed by atoms with Crippen LogP contribution in [0.5, 0.6) is 0 Å². The minimum Gasteiger partial charge on any atom is -0.481 e. The molecular weight excluding hydrogens is 1500 g/mol. The van der Waals surface area contributed by atoms with Crippen LogP contribution < -0.4 is 38.5 Å². The Morgan fingerprint density at radius 1 is 0.466 bits per heavy atom. The van der Waals surface area contributed by atoms with Crippen LogP contribution in [0, 0.1) is 23.3 Å². The highest BCUT2D eigenvalue weighted by molar-refractivity contribution is 5.98. The second-order valence-corrected chi connectivity index (χ2v) is 29.6. The number of hydrogen-bond donors (Lipinski definition) is 11. The topological polar surface area (TPSA) is 425 Å². The van der Waals surface area contributed by atoms with Gasteiger partial charge in [-0.1, -0.05) is 36.4 Å². The lowest BCUT2D eigenvalue weighted by molar-refractivity contribution is -0.140. The zero-order chi connectivity index (χ0) is 83.6. The first-order valence-corrected chi connectivity index (χ1v) is 36.0. The number of H-pyrrole nitrogens is 3. The second-order valence-electron chi connectivity index (χ2n) is 29.6. The first-order chi connectivity index (χ1) is 54.3. The molecule has 0 saturated heterocycles. The number of pyridine rings is 2. The van der Waals surface area contributed by atoms with Gasteiger partial charge in [0, 0.05) is 115 Å². The quantitative estimate of drug-likeness (QED) is 0.0192. The maximum Gasteiger partial charge on any atom is 0.412 e. The highest BCUT2D eigenvalue weighted by Gasteiger charge is 2.26. The van der Waals surface area contributed by atoms with Crippen LogP contribution in [0.4, 0.5) is 49.0 Å². The maximum absolute atomic E-state index is 14.2. The van der Waals surface area contributed by atoms with Crippen molar-refractivity contribution in [3.63, 3.8) is 0 Å². The number of carboxylic acid groups (broad SMARTS) is 1. The minimum absolute atomic E-state index is 0. The number of primary amides is 2. The highest BCUT2D eigenvalue weighted by atomic mass is 19.1. The van der Waals surface area contributed by atoms with Crippen molar-refractivity contribution in [3.05, 3.63) is 268 Å². The van der Waals surface area contributed by atoms with Crippen molar-refractivity contribution in [2.24, 2.45) is 17.2 Å². The molecule has 7 aromatic carbocycles. The van der Waals surface area contributed by atoms with Crippen LogP contribution >= 0.6 is 0 Å². The van der Waals surface area contributed by atoms with Gasteiger partial charge in [0.15, 0.2) is 0 Å². The lowest BCUT2D eigenvalue weighted by atomic mass is 9.94. The van der Waals surface area contributed by atoms with Crippen LogP contribution in [-0.4, -0.2) is 107 Å². The van der Waals surface area contributed by atoms with E-state index in [0.29, 0.717) is 78.3 Å². The van der Waals surface area contributed by atoms with Gasteiger partial charge >= 0.3 is 30.2 Å². The molecular formula is C86H90F4N12O14. The lowest BCUT2D eigenvalue weighted by Gasteiger charge is -2.22. The third kappa shape index (κ3) is 25.9. The third-order valence-corrected chi connectivity index (χ3v) is 16.8.